The average Bonchev–Trinajstić information content (AvgIpc) is 2.16. The smallest absolute Gasteiger partial charge is 0.267 e. The van der Waals surface area contributed by atoms with E-state index in [1.54, 1.807) is 0 Å². The van der Waals surface area contributed by atoms with Gasteiger partial charge in [0.25, 0.3) is 7.82 Å². The quantitative estimate of drug-likeness (QED) is 0.417. The Balaban J connectivity index is 2.59. The molecule has 2 radical (unpaired) electrons. The second kappa shape index (κ2) is 5.31. The number of rotatable bonds is 4. The molecule has 0 fully saturated rings. The molecule has 0 bridgehead atoms. The van der Waals surface area contributed by atoms with E-state index in [0.717, 1.165) is 19.1 Å². The van der Waals surface area contributed by atoms with Crippen molar-refractivity contribution in [2.75, 3.05) is 7.11 Å². The SMILES string of the molecule is [B][C@@H]1C=C(CC)C[C@H](OP(=O)([O-])OC)C1. The highest BCUT2D eigenvalue weighted by atomic mass is 31.2. The van der Waals surface area contributed by atoms with E-state index in [4.69, 9.17) is 12.4 Å². The van der Waals surface area contributed by atoms with Gasteiger partial charge in [0.2, 0.25) is 0 Å². The molecule has 6 heteroatoms. The molecule has 1 aliphatic carbocycles. The largest absolute Gasteiger partial charge is 0.756 e. The summed E-state index contributed by atoms with van der Waals surface area (Å²) in [5, 5.41) is 0. The Hall–Kier alpha value is -0.0851. The van der Waals surface area contributed by atoms with Gasteiger partial charge < -0.3 is 13.9 Å². The lowest BCUT2D eigenvalue weighted by atomic mass is 9.76. The third-order valence-electron chi connectivity index (χ3n) is 2.43. The number of phosphoric acid groups is 1. The van der Waals surface area contributed by atoms with Crippen LogP contribution in [0.1, 0.15) is 26.2 Å². The molecule has 0 saturated heterocycles. The first-order valence-corrected chi connectivity index (χ1v) is 6.43. The Morgan fingerprint density at radius 3 is 2.93 bits per heavy atom. The normalized spacial score (nSPS) is 30.7. The fourth-order valence-electron chi connectivity index (χ4n) is 1.69. The maximum atomic E-state index is 11.1. The zero-order valence-electron chi connectivity index (χ0n) is 9.01. The van der Waals surface area contributed by atoms with Crippen LogP contribution < -0.4 is 4.89 Å². The molecule has 15 heavy (non-hydrogen) atoms. The summed E-state index contributed by atoms with van der Waals surface area (Å²) in [6.45, 7) is 2.01. The van der Waals surface area contributed by atoms with E-state index in [9.17, 15) is 9.46 Å². The van der Waals surface area contributed by atoms with Gasteiger partial charge in [-0.25, -0.2) is 0 Å². The predicted octanol–water partition coefficient (Wildman–Crippen LogP) is 1.57. The predicted molar refractivity (Wildman–Crippen MR) is 56.6 cm³/mol. The van der Waals surface area contributed by atoms with Crippen molar-refractivity contribution in [3.05, 3.63) is 11.6 Å². The second-order valence-corrected chi connectivity index (χ2v) is 5.11. The van der Waals surface area contributed by atoms with Gasteiger partial charge in [0.1, 0.15) is 0 Å². The summed E-state index contributed by atoms with van der Waals surface area (Å²) >= 11 is 0. The van der Waals surface area contributed by atoms with Crippen LogP contribution in [0, 0.1) is 0 Å². The van der Waals surface area contributed by atoms with E-state index in [-0.39, 0.29) is 11.9 Å². The molecule has 0 saturated carbocycles. The van der Waals surface area contributed by atoms with Crippen LogP contribution in [0.3, 0.4) is 0 Å². The van der Waals surface area contributed by atoms with Gasteiger partial charge in [-0.15, -0.1) is 0 Å². The van der Waals surface area contributed by atoms with Crippen LogP contribution in [0.4, 0.5) is 0 Å². The molecule has 1 rings (SSSR count). The minimum absolute atomic E-state index is 0.129. The standard InChI is InChI=1S/C9H16BO4P/c1-3-7-4-8(10)6-9(5-7)14-15(11,12)13-2/h4,8-9H,3,5-6H2,1-2H3,(H,11,12)/p-1/t8-,9+/m1/s1. The van der Waals surface area contributed by atoms with E-state index >= 15 is 0 Å². The monoisotopic (exact) mass is 229 g/mol. The van der Waals surface area contributed by atoms with Gasteiger partial charge in [0, 0.05) is 7.11 Å². The molecule has 3 atom stereocenters. The molecule has 0 aromatic rings. The fourth-order valence-corrected chi connectivity index (χ4v) is 2.30. The third-order valence-corrected chi connectivity index (χ3v) is 3.43. The topological polar surface area (TPSA) is 58.6 Å². The molecule has 0 aromatic heterocycles. The van der Waals surface area contributed by atoms with Gasteiger partial charge in [-0.3, -0.25) is 4.57 Å². The van der Waals surface area contributed by atoms with Crippen LogP contribution in [-0.4, -0.2) is 21.1 Å². The summed E-state index contributed by atoms with van der Waals surface area (Å²) < 4.78 is 20.2. The minimum atomic E-state index is -4.14. The van der Waals surface area contributed by atoms with Crippen LogP contribution in [0.15, 0.2) is 11.6 Å². The van der Waals surface area contributed by atoms with Gasteiger partial charge in [-0.2, -0.15) is 0 Å². The van der Waals surface area contributed by atoms with E-state index in [1.165, 1.54) is 0 Å². The minimum Gasteiger partial charge on any atom is -0.756 e. The number of hydrogen-bond donors (Lipinski definition) is 0. The highest BCUT2D eigenvalue weighted by Crippen LogP contribution is 2.43. The Morgan fingerprint density at radius 2 is 2.40 bits per heavy atom. The van der Waals surface area contributed by atoms with Crippen LogP contribution in [0.2, 0.25) is 5.82 Å². The van der Waals surface area contributed by atoms with Crippen molar-refractivity contribution in [3.63, 3.8) is 0 Å². The Bertz CT molecular complexity index is 292. The first-order valence-electron chi connectivity index (χ1n) is 4.97. The molecule has 1 aliphatic rings. The number of hydrogen-bond acceptors (Lipinski definition) is 4. The van der Waals surface area contributed by atoms with Gasteiger partial charge >= 0.3 is 0 Å². The van der Waals surface area contributed by atoms with E-state index in [1.807, 2.05) is 13.0 Å². The summed E-state index contributed by atoms with van der Waals surface area (Å²) in [7, 11) is 2.71. The molecule has 4 nitrogen and oxygen atoms in total. The first-order chi connectivity index (χ1) is 6.96. The lowest BCUT2D eigenvalue weighted by molar-refractivity contribution is -0.227. The van der Waals surface area contributed by atoms with Crippen LogP contribution in [0.25, 0.3) is 0 Å². The molecule has 0 amide bonds. The molecule has 0 heterocycles. The summed E-state index contributed by atoms with van der Waals surface area (Å²) in [6.07, 6.45) is 3.58. The average molecular weight is 229 g/mol. The second-order valence-electron chi connectivity index (χ2n) is 3.64. The van der Waals surface area contributed by atoms with Crippen LogP contribution in [0.5, 0.6) is 0 Å². The molecule has 0 aliphatic heterocycles. The Labute approximate surface area is 91.7 Å². The van der Waals surface area contributed by atoms with Crippen molar-refractivity contribution in [1.29, 1.82) is 0 Å². The zero-order valence-corrected chi connectivity index (χ0v) is 9.91. The van der Waals surface area contributed by atoms with Crippen molar-refractivity contribution in [2.45, 2.75) is 38.1 Å². The Morgan fingerprint density at radius 1 is 1.73 bits per heavy atom. The first kappa shape index (κ1) is 13.0. The molecule has 0 N–H and O–H groups in total. The molecule has 0 aromatic carbocycles. The van der Waals surface area contributed by atoms with Crippen LogP contribution in [-0.2, 0) is 13.6 Å². The van der Waals surface area contributed by atoms with Crippen molar-refractivity contribution < 1.29 is 18.5 Å². The molecule has 0 spiro atoms. The fraction of sp³-hybridized carbons (Fsp3) is 0.778. The molecule has 84 valence electrons. The molecule has 1 unspecified atom stereocenters. The lowest BCUT2D eigenvalue weighted by Gasteiger charge is -2.31. The summed E-state index contributed by atoms with van der Waals surface area (Å²) in [5.74, 6) is -0.129. The van der Waals surface area contributed by atoms with Gasteiger partial charge in [-0.1, -0.05) is 24.4 Å². The third kappa shape index (κ3) is 4.11. The van der Waals surface area contributed by atoms with Crippen molar-refractivity contribution in [3.8, 4) is 0 Å². The molecular formula is C9H15BO4P-. The van der Waals surface area contributed by atoms with Crippen LogP contribution >= 0.6 is 7.82 Å². The van der Waals surface area contributed by atoms with E-state index in [2.05, 4.69) is 4.52 Å². The summed E-state index contributed by atoms with van der Waals surface area (Å²) in [4.78, 5) is 11.1. The maximum absolute atomic E-state index is 11.1. The summed E-state index contributed by atoms with van der Waals surface area (Å²) in [5.41, 5.74) is 1.13. The van der Waals surface area contributed by atoms with Gasteiger partial charge in [0.05, 0.1) is 14.0 Å². The van der Waals surface area contributed by atoms with E-state index in [0.29, 0.717) is 12.8 Å². The van der Waals surface area contributed by atoms with Gasteiger partial charge in [0.15, 0.2) is 0 Å². The number of phosphoric ester groups is 1. The highest BCUT2D eigenvalue weighted by molar-refractivity contribution is 7.45. The van der Waals surface area contributed by atoms with Gasteiger partial charge in [-0.05, 0) is 19.3 Å². The highest BCUT2D eigenvalue weighted by Gasteiger charge is 2.23. The number of allylic oxidation sites excluding steroid dienone is 1. The van der Waals surface area contributed by atoms with Crippen molar-refractivity contribution in [1.82, 2.24) is 0 Å². The summed E-state index contributed by atoms with van der Waals surface area (Å²) in [6, 6.07) is 0. The Kier molecular flexibility index (Phi) is 4.59. The van der Waals surface area contributed by atoms with Crippen molar-refractivity contribution >= 4 is 15.7 Å². The lowest BCUT2D eigenvalue weighted by Crippen LogP contribution is -2.22. The van der Waals surface area contributed by atoms with Crippen molar-refractivity contribution in [2.24, 2.45) is 0 Å². The maximum Gasteiger partial charge on any atom is 0.267 e. The molecular weight excluding hydrogens is 214 g/mol. The van der Waals surface area contributed by atoms with E-state index < -0.39 is 7.82 Å². The zero-order chi connectivity index (χ0) is 11.5.